The van der Waals surface area contributed by atoms with Crippen molar-refractivity contribution in [2.75, 3.05) is 33.0 Å². The normalized spacial score (nSPS) is 15.0. The van der Waals surface area contributed by atoms with Gasteiger partial charge in [-0.1, -0.05) is 114 Å². The van der Waals surface area contributed by atoms with Crippen molar-refractivity contribution in [2.24, 2.45) is 11.3 Å². The average Bonchev–Trinajstić information content (AvgIpc) is 3.33. The summed E-state index contributed by atoms with van der Waals surface area (Å²) in [4.78, 5) is 24.4. The Morgan fingerprint density at radius 3 is 1.76 bits per heavy atom. The molecule has 0 spiro atoms. The topological polar surface area (TPSA) is 102 Å². The average molecular weight is 903 g/mol. The molecule has 4 aromatic rings. The number of hydrogen-bond acceptors (Lipinski definition) is 7. The molecule has 7 nitrogen and oxygen atoms in total. The maximum Gasteiger partial charge on any atom is 0.333 e. The van der Waals surface area contributed by atoms with Gasteiger partial charge >= 0.3 is 11.9 Å². The van der Waals surface area contributed by atoms with Crippen LogP contribution in [0.1, 0.15) is 140 Å². The van der Waals surface area contributed by atoms with Gasteiger partial charge in [0.2, 0.25) is 0 Å². The van der Waals surface area contributed by atoms with Crippen molar-refractivity contribution in [2.45, 2.75) is 137 Å². The molecule has 0 aliphatic heterocycles. The van der Waals surface area contributed by atoms with Gasteiger partial charge in [-0.25, -0.2) is 14.0 Å². The second kappa shape index (κ2) is 25.7. The summed E-state index contributed by atoms with van der Waals surface area (Å²) in [5.74, 6) is 1.01. The Bertz CT molecular complexity index is 2170. The maximum atomic E-state index is 16.2. The summed E-state index contributed by atoms with van der Waals surface area (Å²) in [6.07, 6.45) is 14.3. The van der Waals surface area contributed by atoms with E-state index >= 15 is 4.39 Å². The van der Waals surface area contributed by atoms with Crippen molar-refractivity contribution in [3.8, 4) is 39.1 Å². The first kappa shape index (κ1) is 51.9. The molecule has 0 saturated heterocycles. The van der Waals surface area contributed by atoms with Crippen LogP contribution in [0.25, 0.3) is 33.4 Å². The Balaban J connectivity index is 1.42. The smallest absolute Gasteiger partial charge is 0.333 e. The van der Waals surface area contributed by atoms with Crippen molar-refractivity contribution in [1.29, 1.82) is 0 Å². The number of carbonyl (C=O) groups excluding carboxylic acids is 2. The molecule has 66 heavy (non-hydrogen) atoms. The van der Waals surface area contributed by atoms with Crippen LogP contribution in [0, 0.1) is 17.2 Å². The van der Waals surface area contributed by atoms with Gasteiger partial charge in [0.15, 0.2) is 0 Å². The predicted octanol–water partition coefficient (Wildman–Crippen LogP) is 13.5. The van der Waals surface area contributed by atoms with Crippen molar-refractivity contribution in [3.63, 3.8) is 0 Å². The highest BCUT2D eigenvalue weighted by Gasteiger charge is 2.27. The molecule has 2 N–H and O–H groups in total. The number of rotatable bonds is 26. The fourth-order valence-corrected chi connectivity index (χ4v) is 9.23. The number of unbranched alkanes of at least 4 members (excludes halogenated alkanes) is 2. The number of carbonyl (C=O) groups is 2. The number of aryl methyl sites for hydroxylation is 3. The van der Waals surface area contributed by atoms with E-state index in [2.05, 4.69) is 75.5 Å². The molecule has 1 saturated carbocycles. The van der Waals surface area contributed by atoms with E-state index in [0.29, 0.717) is 73.3 Å². The predicted molar refractivity (Wildman–Crippen MR) is 266 cm³/mol. The molecule has 0 aromatic heterocycles. The molecule has 1 fully saturated rings. The summed E-state index contributed by atoms with van der Waals surface area (Å²) in [5.41, 5.74) is 9.42. The number of aliphatic hydroxyl groups is 2. The lowest BCUT2D eigenvalue weighted by Gasteiger charge is -2.29. The Kier molecular flexibility index (Phi) is 20.3. The SMILES string of the molecule is C=C(C)C(=O)OCCCc1cc(-c2ccc(-c3ccc(-c4ccc(C5CCC(CCCCC)CC5)cc4)cc3F)cc2CC)cc(CCCOC(=O)C(=C)C)c1OCCC(CC)(CO)CO. The second-order valence-corrected chi connectivity index (χ2v) is 18.7. The number of ether oxygens (including phenoxy) is 3. The Hall–Kier alpha value is -5.05. The first-order valence-corrected chi connectivity index (χ1v) is 24.5. The Morgan fingerprint density at radius 2 is 1.23 bits per heavy atom. The van der Waals surface area contributed by atoms with Gasteiger partial charge < -0.3 is 24.4 Å². The van der Waals surface area contributed by atoms with Gasteiger partial charge in [0.1, 0.15) is 11.6 Å². The molecule has 0 heterocycles. The third kappa shape index (κ3) is 14.2. The van der Waals surface area contributed by atoms with Crippen LogP contribution in [0.2, 0.25) is 0 Å². The minimum atomic E-state index is -0.678. The van der Waals surface area contributed by atoms with E-state index in [4.69, 9.17) is 14.2 Å². The van der Waals surface area contributed by atoms with Crippen LogP contribution < -0.4 is 4.74 Å². The molecule has 0 amide bonds. The maximum absolute atomic E-state index is 16.2. The zero-order chi connectivity index (χ0) is 47.6. The van der Waals surface area contributed by atoms with Crippen LogP contribution in [0.15, 0.2) is 97.1 Å². The summed E-state index contributed by atoms with van der Waals surface area (Å²) in [6, 6.07) is 24.7. The molecule has 1 aliphatic rings. The lowest BCUT2D eigenvalue weighted by Crippen LogP contribution is -2.31. The summed E-state index contributed by atoms with van der Waals surface area (Å²) >= 11 is 0. The highest BCUT2D eigenvalue weighted by molar-refractivity contribution is 5.87. The van der Waals surface area contributed by atoms with E-state index in [-0.39, 0.29) is 38.9 Å². The number of halogens is 1. The fourth-order valence-electron chi connectivity index (χ4n) is 9.23. The van der Waals surface area contributed by atoms with Gasteiger partial charge in [-0.2, -0.15) is 0 Å². The lowest BCUT2D eigenvalue weighted by atomic mass is 9.77. The van der Waals surface area contributed by atoms with Crippen LogP contribution in [0.5, 0.6) is 5.75 Å². The monoisotopic (exact) mass is 903 g/mol. The summed E-state index contributed by atoms with van der Waals surface area (Å²) in [6.45, 7) is 17.2. The summed E-state index contributed by atoms with van der Waals surface area (Å²) in [7, 11) is 0. The minimum Gasteiger partial charge on any atom is -0.493 e. The van der Waals surface area contributed by atoms with Gasteiger partial charge in [0.25, 0.3) is 0 Å². The van der Waals surface area contributed by atoms with Crippen LogP contribution >= 0.6 is 0 Å². The molecular formula is C58H75FO7. The fraction of sp³-hybridized carbons (Fsp3) is 0.483. The van der Waals surface area contributed by atoms with E-state index < -0.39 is 17.4 Å². The van der Waals surface area contributed by atoms with Crippen LogP contribution in [0.4, 0.5) is 4.39 Å². The Morgan fingerprint density at radius 1 is 0.667 bits per heavy atom. The van der Waals surface area contributed by atoms with Crippen molar-refractivity contribution in [3.05, 3.63) is 125 Å². The van der Waals surface area contributed by atoms with Crippen molar-refractivity contribution in [1.82, 2.24) is 0 Å². The lowest BCUT2D eigenvalue weighted by molar-refractivity contribution is -0.139. The molecule has 356 valence electrons. The first-order valence-electron chi connectivity index (χ1n) is 24.5. The van der Waals surface area contributed by atoms with E-state index in [1.54, 1.807) is 19.9 Å². The standard InChI is InChI=1S/C58H75FO7/c1-8-11-12-15-42-18-20-44(21-19-42)45-22-24-46(25-23-45)47-26-29-53(54(59)37-47)48-27-28-52(43(9-2)34-48)51-35-49(16-13-31-65-56(62)40(4)5)55(64-33-30-58(10-3,38-60)39-61)50(36-51)17-14-32-66-57(63)41(6)7/h22-29,34-37,42,44,60-61H,4,6,8-21,30-33,38-39H2,1-3,5,7H3. The number of hydrogen-bond donors (Lipinski definition) is 2. The van der Waals surface area contributed by atoms with Crippen LogP contribution in [-0.2, 0) is 38.3 Å². The van der Waals surface area contributed by atoms with Gasteiger partial charge in [0, 0.05) is 22.1 Å². The van der Waals surface area contributed by atoms with E-state index in [9.17, 15) is 19.8 Å². The quantitative estimate of drug-likeness (QED) is 0.0368. The second-order valence-electron chi connectivity index (χ2n) is 18.7. The summed E-state index contributed by atoms with van der Waals surface area (Å²) < 4.78 is 33.7. The number of aliphatic hydroxyl groups excluding tert-OH is 2. The van der Waals surface area contributed by atoms with Gasteiger partial charge in [-0.3, -0.25) is 0 Å². The van der Waals surface area contributed by atoms with Crippen molar-refractivity contribution >= 4 is 11.9 Å². The van der Waals surface area contributed by atoms with Crippen LogP contribution in [-0.4, -0.2) is 55.2 Å². The molecular weight excluding hydrogens is 828 g/mol. The zero-order valence-electron chi connectivity index (χ0n) is 40.5. The number of esters is 2. The molecule has 0 atom stereocenters. The third-order valence-electron chi connectivity index (χ3n) is 13.7. The van der Waals surface area contributed by atoms with E-state index in [0.717, 1.165) is 50.4 Å². The largest absolute Gasteiger partial charge is 0.493 e. The molecule has 4 aromatic carbocycles. The summed E-state index contributed by atoms with van der Waals surface area (Å²) in [5, 5.41) is 20.3. The van der Waals surface area contributed by atoms with Crippen molar-refractivity contribution < 1.29 is 38.4 Å². The van der Waals surface area contributed by atoms with Gasteiger partial charge in [0.05, 0.1) is 33.0 Å². The van der Waals surface area contributed by atoms with E-state index in [1.165, 1.54) is 56.9 Å². The molecule has 1 aliphatic carbocycles. The van der Waals surface area contributed by atoms with Gasteiger partial charge in [-0.05, 0) is 165 Å². The zero-order valence-corrected chi connectivity index (χ0v) is 40.5. The molecule has 0 radical (unpaired) electrons. The molecule has 0 unspecified atom stereocenters. The molecule has 8 heteroatoms. The van der Waals surface area contributed by atoms with E-state index in [1.807, 2.05) is 25.1 Å². The third-order valence-corrected chi connectivity index (χ3v) is 13.7. The van der Waals surface area contributed by atoms with Crippen LogP contribution in [0.3, 0.4) is 0 Å². The van der Waals surface area contributed by atoms with Gasteiger partial charge in [-0.15, -0.1) is 0 Å². The minimum absolute atomic E-state index is 0.165. The molecule has 5 rings (SSSR count). The highest BCUT2D eigenvalue weighted by atomic mass is 19.1. The molecule has 0 bridgehead atoms. The number of benzene rings is 4. The first-order chi connectivity index (χ1) is 31.8. The Labute approximate surface area is 394 Å². The highest BCUT2D eigenvalue weighted by Crippen LogP contribution is 2.40.